The minimum Gasteiger partial charge on any atom is -0.370 e. The zero-order chi connectivity index (χ0) is 12.0. The predicted molar refractivity (Wildman–Crippen MR) is 60.7 cm³/mol. The van der Waals surface area contributed by atoms with E-state index in [9.17, 15) is 0 Å². The van der Waals surface area contributed by atoms with E-state index in [0.717, 1.165) is 6.42 Å². The van der Waals surface area contributed by atoms with Crippen molar-refractivity contribution in [3.05, 3.63) is 24.4 Å². The highest BCUT2D eigenvalue weighted by atomic mass is 16.5. The lowest BCUT2D eigenvalue weighted by molar-refractivity contribution is 0.0518. The standard InChI is InChI=1S/C11H19N3O2/c1-4-7-8(12)11-13-10(14-16-11)9(5-2)15-6-3/h4,8-9H,1,5-7,12H2,2-3H3. The average Bonchev–Trinajstić information content (AvgIpc) is 2.75. The van der Waals surface area contributed by atoms with Gasteiger partial charge in [-0.1, -0.05) is 18.2 Å². The van der Waals surface area contributed by atoms with Gasteiger partial charge in [0.25, 0.3) is 0 Å². The van der Waals surface area contributed by atoms with E-state index < -0.39 is 0 Å². The molecule has 5 nitrogen and oxygen atoms in total. The molecule has 16 heavy (non-hydrogen) atoms. The Kier molecular flexibility index (Phi) is 5.14. The van der Waals surface area contributed by atoms with E-state index in [2.05, 4.69) is 16.7 Å². The number of ether oxygens (including phenoxy) is 1. The summed E-state index contributed by atoms with van der Waals surface area (Å²) in [6, 6.07) is -0.280. The molecule has 1 aromatic rings. The van der Waals surface area contributed by atoms with Crippen molar-refractivity contribution in [1.82, 2.24) is 10.1 Å². The van der Waals surface area contributed by atoms with Gasteiger partial charge in [0.05, 0.1) is 6.04 Å². The topological polar surface area (TPSA) is 74.2 Å². The van der Waals surface area contributed by atoms with Gasteiger partial charge in [0.15, 0.2) is 0 Å². The minimum absolute atomic E-state index is 0.113. The lowest BCUT2D eigenvalue weighted by Gasteiger charge is -2.09. The number of aromatic nitrogens is 2. The molecule has 1 heterocycles. The van der Waals surface area contributed by atoms with E-state index in [1.807, 2.05) is 13.8 Å². The van der Waals surface area contributed by atoms with Crippen molar-refractivity contribution >= 4 is 0 Å². The summed E-state index contributed by atoms with van der Waals surface area (Å²) in [6.07, 6.45) is 3.05. The van der Waals surface area contributed by atoms with Gasteiger partial charge in [-0.15, -0.1) is 6.58 Å². The molecule has 2 unspecified atom stereocenters. The van der Waals surface area contributed by atoms with Gasteiger partial charge in [0, 0.05) is 6.61 Å². The van der Waals surface area contributed by atoms with Crippen LogP contribution in [0.4, 0.5) is 0 Å². The molecule has 1 rings (SSSR count). The molecule has 0 aromatic carbocycles. The quantitative estimate of drug-likeness (QED) is 0.719. The molecule has 0 saturated heterocycles. The van der Waals surface area contributed by atoms with Crippen LogP contribution in [0.3, 0.4) is 0 Å². The van der Waals surface area contributed by atoms with E-state index in [1.165, 1.54) is 0 Å². The monoisotopic (exact) mass is 225 g/mol. The number of hydrogen-bond acceptors (Lipinski definition) is 5. The van der Waals surface area contributed by atoms with Gasteiger partial charge in [-0.25, -0.2) is 0 Å². The number of nitrogens with zero attached hydrogens (tertiary/aromatic N) is 2. The largest absolute Gasteiger partial charge is 0.370 e. The fourth-order valence-corrected chi connectivity index (χ4v) is 1.39. The molecule has 0 amide bonds. The molecule has 0 saturated carbocycles. The highest BCUT2D eigenvalue weighted by molar-refractivity contribution is 4.96. The lowest BCUT2D eigenvalue weighted by Crippen LogP contribution is -2.10. The second-order valence-electron chi connectivity index (χ2n) is 3.47. The third kappa shape index (κ3) is 3.15. The Bertz CT molecular complexity index is 325. The fraction of sp³-hybridized carbons (Fsp3) is 0.636. The van der Waals surface area contributed by atoms with E-state index in [-0.39, 0.29) is 12.1 Å². The fourth-order valence-electron chi connectivity index (χ4n) is 1.39. The summed E-state index contributed by atoms with van der Waals surface area (Å²) >= 11 is 0. The zero-order valence-electron chi connectivity index (χ0n) is 9.85. The maximum absolute atomic E-state index is 5.83. The smallest absolute Gasteiger partial charge is 0.243 e. The Hall–Kier alpha value is -1.20. The zero-order valence-corrected chi connectivity index (χ0v) is 9.85. The summed E-state index contributed by atoms with van der Waals surface area (Å²) in [4.78, 5) is 4.24. The summed E-state index contributed by atoms with van der Waals surface area (Å²) in [5.74, 6) is 1.01. The normalized spacial score (nSPS) is 14.7. The Morgan fingerprint density at radius 3 is 2.88 bits per heavy atom. The molecule has 0 aliphatic heterocycles. The van der Waals surface area contributed by atoms with E-state index >= 15 is 0 Å². The van der Waals surface area contributed by atoms with Gasteiger partial charge in [0.1, 0.15) is 6.10 Å². The lowest BCUT2D eigenvalue weighted by atomic mass is 10.2. The number of nitrogens with two attached hydrogens (primary N) is 1. The number of hydrogen-bond donors (Lipinski definition) is 1. The predicted octanol–water partition coefficient (Wildman–Crippen LogP) is 2.13. The van der Waals surface area contributed by atoms with Crippen LogP contribution in [0.5, 0.6) is 0 Å². The van der Waals surface area contributed by atoms with Crippen molar-refractivity contribution in [3.8, 4) is 0 Å². The molecule has 2 atom stereocenters. The Balaban J connectivity index is 2.72. The van der Waals surface area contributed by atoms with Crippen LogP contribution in [0, 0.1) is 0 Å². The highest BCUT2D eigenvalue weighted by Gasteiger charge is 2.19. The van der Waals surface area contributed by atoms with Crippen LogP contribution in [0.25, 0.3) is 0 Å². The van der Waals surface area contributed by atoms with Gasteiger partial charge >= 0.3 is 0 Å². The summed E-state index contributed by atoms with van der Waals surface area (Å²) < 4.78 is 10.6. The van der Waals surface area contributed by atoms with Crippen LogP contribution in [-0.2, 0) is 4.74 Å². The molecule has 0 spiro atoms. The van der Waals surface area contributed by atoms with Gasteiger partial charge < -0.3 is 15.0 Å². The van der Waals surface area contributed by atoms with Crippen molar-refractivity contribution in [1.29, 1.82) is 0 Å². The second kappa shape index (κ2) is 6.40. The molecule has 2 N–H and O–H groups in total. The molecule has 0 radical (unpaired) electrons. The molecule has 0 fully saturated rings. The van der Waals surface area contributed by atoms with Crippen LogP contribution in [-0.4, -0.2) is 16.7 Å². The third-order valence-corrected chi connectivity index (χ3v) is 2.22. The molecule has 0 bridgehead atoms. The van der Waals surface area contributed by atoms with Crippen molar-refractivity contribution < 1.29 is 9.26 Å². The molecule has 90 valence electrons. The van der Waals surface area contributed by atoms with Gasteiger partial charge in [-0.05, 0) is 19.8 Å². The molecule has 0 aliphatic carbocycles. The maximum atomic E-state index is 5.83. The Labute approximate surface area is 95.7 Å². The van der Waals surface area contributed by atoms with Gasteiger partial charge in [-0.3, -0.25) is 0 Å². The summed E-state index contributed by atoms with van der Waals surface area (Å²) in [5, 5.41) is 3.88. The molecule has 1 aromatic heterocycles. The first kappa shape index (κ1) is 12.9. The van der Waals surface area contributed by atoms with Crippen LogP contribution < -0.4 is 5.73 Å². The average molecular weight is 225 g/mol. The van der Waals surface area contributed by atoms with E-state index in [1.54, 1.807) is 6.08 Å². The second-order valence-corrected chi connectivity index (χ2v) is 3.47. The maximum Gasteiger partial charge on any atom is 0.243 e. The van der Waals surface area contributed by atoms with Crippen molar-refractivity contribution in [3.63, 3.8) is 0 Å². The minimum atomic E-state index is -0.280. The summed E-state index contributed by atoms with van der Waals surface area (Å²) in [7, 11) is 0. The molecule has 0 aliphatic rings. The summed E-state index contributed by atoms with van der Waals surface area (Å²) in [5.41, 5.74) is 5.83. The van der Waals surface area contributed by atoms with Crippen molar-refractivity contribution in [2.24, 2.45) is 5.73 Å². The van der Waals surface area contributed by atoms with Crippen LogP contribution >= 0.6 is 0 Å². The first-order valence-corrected chi connectivity index (χ1v) is 5.54. The Morgan fingerprint density at radius 2 is 2.31 bits per heavy atom. The van der Waals surface area contributed by atoms with Crippen LogP contribution in [0.2, 0.25) is 0 Å². The van der Waals surface area contributed by atoms with Crippen LogP contribution in [0.1, 0.15) is 50.6 Å². The molecular formula is C11H19N3O2. The number of rotatable bonds is 7. The van der Waals surface area contributed by atoms with E-state index in [0.29, 0.717) is 24.7 Å². The highest BCUT2D eigenvalue weighted by Crippen LogP contribution is 2.20. The molecular weight excluding hydrogens is 206 g/mol. The SMILES string of the molecule is C=CCC(N)c1nc(C(CC)OCC)no1. The molecule has 5 heteroatoms. The van der Waals surface area contributed by atoms with Gasteiger partial charge in [0.2, 0.25) is 11.7 Å². The first-order valence-electron chi connectivity index (χ1n) is 5.54. The van der Waals surface area contributed by atoms with Crippen LogP contribution in [0.15, 0.2) is 17.2 Å². The third-order valence-electron chi connectivity index (χ3n) is 2.22. The van der Waals surface area contributed by atoms with E-state index in [4.69, 9.17) is 15.0 Å². The van der Waals surface area contributed by atoms with Gasteiger partial charge in [-0.2, -0.15) is 4.98 Å². The Morgan fingerprint density at radius 1 is 1.56 bits per heavy atom. The first-order chi connectivity index (χ1) is 7.72. The van der Waals surface area contributed by atoms with Crippen molar-refractivity contribution in [2.45, 2.75) is 38.8 Å². The van der Waals surface area contributed by atoms with Crippen molar-refractivity contribution in [2.75, 3.05) is 6.61 Å². The summed E-state index contributed by atoms with van der Waals surface area (Å²) in [6.45, 7) is 8.20.